The van der Waals surface area contributed by atoms with Gasteiger partial charge in [0.25, 0.3) is 5.91 Å². The van der Waals surface area contributed by atoms with Gasteiger partial charge in [-0.05, 0) is 67.6 Å². The lowest BCUT2D eigenvalue weighted by Crippen LogP contribution is -2.17. The molecule has 2 aromatic heterocycles. The highest BCUT2D eigenvalue weighted by atomic mass is 16.6. The molecule has 0 saturated carbocycles. The molecule has 0 saturated heterocycles. The standard InChI is InChI=1S/C23H20N6O3/c1-13-10-19(24)18-11-17(7-8-20(18)27-13)32-23(31)29-16-5-3-15(4-6-16)28-22(30)14-2-9-21(25)26-12-14/h2-12H,1H3,(H2,24,27)(H2,25,26)(H,28,30)(H,29,31). The maximum atomic E-state index is 12.3. The van der Waals surface area contributed by atoms with Crippen molar-refractivity contribution in [3.63, 3.8) is 0 Å². The van der Waals surface area contributed by atoms with Crippen LogP contribution in [0.15, 0.2) is 66.9 Å². The number of nitrogens with zero attached hydrogens (tertiary/aromatic N) is 2. The molecule has 160 valence electrons. The molecular weight excluding hydrogens is 408 g/mol. The van der Waals surface area contributed by atoms with E-state index in [0.717, 1.165) is 11.2 Å². The van der Waals surface area contributed by atoms with E-state index in [1.165, 1.54) is 6.20 Å². The smallest absolute Gasteiger partial charge is 0.410 e. The molecule has 4 aromatic rings. The second-order valence-electron chi connectivity index (χ2n) is 7.05. The third-order valence-corrected chi connectivity index (χ3v) is 4.59. The number of ether oxygens (including phenoxy) is 1. The van der Waals surface area contributed by atoms with Gasteiger partial charge in [0, 0.05) is 34.3 Å². The van der Waals surface area contributed by atoms with Crippen molar-refractivity contribution in [1.29, 1.82) is 0 Å². The third kappa shape index (κ3) is 4.73. The number of carbonyl (C=O) groups is 2. The van der Waals surface area contributed by atoms with E-state index in [1.807, 2.05) is 6.92 Å². The molecule has 6 N–H and O–H groups in total. The molecule has 0 aliphatic rings. The number of fused-ring (bicyclic) bond motifs is 1. The van der Waals surface area contributed by atoms with E-state index in [1.54, 1.807) is 60.7 Å². The van der Waals surface area contributed by atoms with E-state index in [4.69, 9.17) is 16.2 Å². The van der Waals surface area contributed by atoms with Crippen molar-refractivity contribution in [3.8, 4) is 5.75 Å². The third-order valence-electron chi connectivity index (χ3n) is 4.59. The van der Waals surface area contributed by atoms with Gasteiger partial charge in [-0.1, -0.05) is 0 Å². The number of anilines is 4. The maximum absolute atomic E-state index is 12.3. The van der Waals surface area contributed by atoms with Crippen LogP contribution in [0.25, 0.3) is 10.9 Å². The Morgan fingerprint density at radius 1 is 0.906 bits per heavy atom. The topological polar surface area (TPSA) is 145 Å². The Labute approximate surface area is 183 Å². The average Bonchev–Trinajstić information content (AvgIpc) is 2.76. The molecule has 0 atom stereocenters. The summed E-state index contributed by atoms with van der Waals surface area (Å²) in [6.07, 6.45) is 0.738. The summed E-state index contributed by atoms with van der Waals surface area (Å²) in [6, 6.07) is 16.6. The van der Waals surface area contributed by atoms with Crippen LogP contribution in [0.4, 0.5) is 27.7 Å². The molecule has 2 aromatic carbocycles. The maximum Gasteiger partial charge on any atom is 0.417 e. The molecule has 0 radical (unpaired) electrons. The quantitative estimate of drug-likeness (QED) is 0.385. The normalized spacial score (nSPS) is 10.5. The van der Waals surface area contributed by atoms with E-state index >= 15 is 0 Å². The second-order valence-corrected chi connectivity index (χ2v) is 7.05. The first-order chi connectivity index (χ1) is 15.4. The van der Waals surface area contributed by atoms with Crippen molar-refractivity contribution in [1.82, 2.24) is 9.97 Å². The van der Waals surface area contributed by atoms with E-state index < -0.39 is 6.09 Å². The van der Waals surface area contributed by atoms with Gasteiger partial charge in [0.1, 0.15) is 11.6 Å². The molecule has 9 heteroatoms. The Morgan fingerprint density at radius 3 is 2.31 bits per heavy atom. The Bertz CT molecular complexity index is 1300. The van der Waals surface area contributed by atoms with Crippen LogP contribution in [0, 0.1) is 6.92 Å². The molecule has 0 aliphatic heterocycles. The minimum Gasteiger partial charge on any atom is -0.410 e. The Kier molecular flexibility index (Phi) is 5.54. The molecule has 0 aliphatic carbocycles. The van der Waals surface area contributed by atoms with Gasteiger partial charge < -0.3 is 21.5 Å². The highest BCUT2D eigenvalue weighted by molar-refractivity contribution is 6.04. The highest BCUT2D eigenvalue weighted by Crippen LogP contribution is 2.25. The fourth-order valence-corrected chi connectivity index (χ4v) is 3.06. The van der Waals surface area contributed by atoms with E-state index in [0.29, 0.717) is 39.6 Å². The van der Waals surface area contributed by atoms with Crippen LogP contribution in [-0.4, -0.2) is 22.0 Å². The van der Waals surface area contributed by atoms with Crippen LogP contribution < -0.4 is 26.8 Å². The number of nitrogens with one attached hydrogen (secondary N) is 2. The number of rotatable bonds is 4. The van der Waals surface area contributed by atoms with Crippen molar-refractivity contribution in [2.45, 2.75) is 6.92 Å². The molecule has 32 heavy (non-hydrogen) atoms. The van der Waals surface area contributed by atoms with Crippen LogP contribution in [0.5, 0.6) is 5.75 Å². The van der Waals surface area contributed by atoms with Crippen molar-refractivity contribution in [2.24, 2.45) is 0 Å². The SMILES string of the molecule is Cc1cc(N)c2cc(OC(=O)Nc3ccc(NC(=O)c4ccc(N)nc4)cc3)ccc2n1. The summed E-state index contributed by atoms with van der Waals surface area (Å²) in [5.41, 5.74) is 15.1. The summed E-state index contributed by atoms with van der Waals surface area (Å²) in [5, 5.41) is 6.08. The lowest BCUT2D eigenvalue weighted by Gasteiger charge is -2.10. The number of nitrogens with two attached hydrogens (primary N) is 2. The number of hydrogen-bond donors (Lipinski definition) is 4. The predicted octanol–water partition coefficient (Wildman–Crippen LogP) is 3.97. The summed E-state index contributed by atoms with van der Waals surface area (Å²) in [7, 11) is 0. The van der Waals surface area contributed by atoms with Crippen LogP contribution in [-0.2, 0) is 0 Å². The average molecular weight is 428 g/mol. The van der Waals surface area contributed by atoms with Crippen LogP contribution in [0.2, 0.25) is 0 Å². The van der Waals surface area contributed by atoms with E-state index in [-0.39, 0.29) is 5.91 Å². The second kappa shape index (κ2) is 8.60. The Hall–Kier alpha value is -4.66. The van der Waals surface area contributed by atoms with Crippen molar-refractivity contribution in [3.05, 3.63) is 78.1 Å². The Balaban J connectivity index is 1.38. The number of nitrogen functional groups attached to an aromatic ring is 2. The minimum atomic E-state index is -0.660. The number of hydrogen-bond acceptors (Lipinski definition) is 7. The van der Waals surface area contributed by atoms with E-state index in [9.17, 15) is 9.59 Å². The number of pyridine rings is 2. The molecular formula is C23H20N6O3. The lowest BCUT2D eigenvalue weighted by atomic mass is 10.1. The van der Waals surface area contributed by atoms with Gasteiger partial charge in [-0.15, -0.1) is 0 Å². The van der Waals surface area contributed by atoms with Gasteiger partial charge >= 0.3 is 6.09 Å². The molecule has 0 bridgehead atoms. The minimum absolute atomic E-state index is 0.321. The molecule has 0 unspecified atom stereocenters. The number of aryl methyl sites for hydroxylation is 1. The summed E-state index contributed by atoms with van der Waals surface area (Å²) in [6.45, 7) is 1.86. The van der Waals surface area contributed by atoms with Crippen LogP contribution in [0.1, 0.15) is 16.1 Å². The fourth-order valence-electron chi connectivity index (χ4n) is 3.06. The van der Waals surface area contributed by atoms with Gasteiger partial charge in [-0.25, -0.2) is 9.78 Å². The van der Waals surface area contributed by atoms with Gasteiger partial charge in [-0.3, -0.25) is 15.1 Å². The number of carbonyl (C=O) groups excluding carboxylic acids is 2. The number of benzene rings is 2. The lowest BCUT2D eigenvalue weighted by molar-refractivity contribution is 0.102. The van der Waals surface area contributed by atoms with Gasteiger partial charge in [0.05, 0.1) is 11.1 Å². The van der Waals surface area contributed by atoms with Crippen molar-refractivity contribution < 1.29 is 14.3 Å². The molecule has 4 rings (SSSR count). The first kappa shape index (κ1) is 20.6. The van der Waals surface area contributed by atoms with Gasteiger partial charge in [0.15, 0.2) is 0 Å². The zero-order chi connectivity index (χ0) is 22.7. The summed E-state index contributed by atoms with van der Waals surface area (Å²) in [4.78, 5) is 32.8. The molecule has 2 heterocycles. The van der Waals surface area contributed by atoms with E-state index in [2.05, 4.69) is 20.6 Å². The predicted molar refractivity (Wildman–Crippen MR) is 124 cm³/mol. The summed E-state index contributed by atoms with van der Waals surface area (Å²) < 4.78 is 5.35. The highest BCUT2D eigenvalue weighted by Gasteiger charge is 2.10. The molecule has 0 fully saturated rings. The monoisotopic (exact) mass is 428 g/mol. The number of amides is 2. The first-order valence-electron chi connectivity index (χ1n) is 9.66. The van der Waals surface area contributed by atoms with Gasteiger partial charge in [0.2, 0.25) is 0 Å². The Morgan fingerprint density at radius 2 is 1.62 bits per heavy atom. The first-order valence-corrected chi connectivity index (χ1v) is 9.66. The van der Waals surface area contributed by atoms with Crippen molar-refractivity contribution in [2.75, 3.05) is 22.1 Å². The van der Waals surface area contributed by atoms with Crippen LogP contribution >= 0.6 is 0 Å². The van der Waals surface area contributed by atoms with Crippen molar-refractivity contribution >= 4 is 45.8 Å². The largest absolute Gasteiger partial charge is 0.417 e. The molecule has 9 nitrogen and oxygen atoms in total. The molecule has 0 spiro atoms. The fraction of sp³-hybridized carbons (Fsp3) is 0.0435. The zero-order valence-corrected chi connectivity index (χ0v) is 17.1. The molecule has 2 amide bonds. The zero-order valence-electron chi connectivity index (χ0n) is 17.1. The number of aromatic nitrogens is 2. The van der Waals surface area contributed by atoms with Crippen LogP contribution in [0.3, 0.4) is 0 Å². The summed E-state index contributed by atoms with van der Waals surface area (Å²) >= 11 is 0. The summed E-state index contributed by atoms with van der Waals surface area (Å²) in [5.74, 6) is 0.356. The van der Waals surface area contributed by atoms with Gasteiger partial charge in [-0.2, -0.15) is 0 Å².